The minimum absolute atomic E-state index is 0.234. The number of carbonyl (C=O) groups excluding carboxylic acids is 1. The van der Waals surface area contributed by atoms with Crippen LogP contribution < -0.4 is 5.06 Å². The van der Waals surface area contributed by atoms with Gasteiger partial charge in [0.1, 0.15) is 0 Å². The van der Waals surface area contributed by atoms with Crippen LogP contribution in [-0.4, -0.2) is 11.1 Å². The summed E-state index contributed by atoms with van der Waals surface area (Å²) in [7, 11) is 0. The van der Waals surface area contributed by atoms with Crippen molar-refractivity contribution in [3.63, 3.8) is 0 Å². The first-order valence-corrected chi connectivity index (χ1v) is 5.82. The van der Waals surface area contributed by atoms with Crippen LogP contribution in [0.15, 0.2) is 30.3 Å². The summed E-state index contributed by atoms with van der Waals surface area (Å²) in [5, 5.41) is 10.4. The molecule has 0 aliphatic carbocycles. The van der Waals surface area contributed by atoms with Crippen LogP contribution >= 0.6 is 0 Å². The van der Waals surface area contributed by atoms with Gasteiger partial charge in [-0.1, -0.05) is 44.4 Å². The number of rotatable bonds is 6. The minimum Gasteiger partial charge on any atom is -0.281 e. The zero-order chi connectivity index (χ0) is 11.8. The van der Waals surface area contributed by atoms with Gasteiger partial charge in [0.25, 0.3) is 5.91 Å². The molecular formula is C13H19NO2. The molecule has 0 fully saturated rings. The highest BCUT2D eigenvalue weighted by Gasteiger charge is 2.11. The summed E-state index contributed by atoms with van der Waals surface area (Å²) in [6.45, 7) is 2.13. The normalized spacial score (nSPS) is 10.1. The number of hydroxylamine groups is 1. The highest BCUT2D eigenvalue weighted by molar-refractivity contribution is 5.90. The van der Waals surface area contributed by atoms with Crippen LogP contribution in [-0.2, 0) is 4.79 Å². The fraction of sp³-hybridized carbons (Fsp3) is 0.462. The first kappa shape index (κ1) is 12.7. The van der Waals surface area contributed by atoms with Crippen molar-refractivity contribution in [2.24, 2.45) is 0 Å². The highest BCUT2D eigenvalue weighted by atomic mass is 16.5. The van der Waals surface area contributed by atoms with E-state index in [4.69, 9.17) is 0 Å². The minimum atomic E-state index is -0.234. The summed E-state index contributed by atoms with van der Waals surface area (Å²) in [5.41, 5.74) is 0.531. The maximum Gasteiger partial charge on any atom is 0.250 e. The molecule has 16 heavy (non-hydrogen) atoms. The van der Waals surface area contributed by atoms with E-state index in [9.17, 15) is 10.0 Å². The zero-order valence-electron chi connectivity index (χ0n) is 9.72. The molecule has 0 aromatic heterocycles. The fourth-order valence-electron chi connectivity index (χ4n) is 1.52. The van der Waals surface area contributed by atoms with Gasteiger partial charge in [0, 0.05) is 6.42 Å². The lowest BCUT2D eigenvalue weighted by Gasteiger charge is -2.14. The first-order chi connectivity index (χ1) is 7.75. The van der Waals surface area contributed by atoms with Gasteiger partial charge < -0.3 is 0 Å². The molecule has 0 unspecified atom stereocenters. The lowest BCUT2D eigenvalue weighted by molar-refractivity contribution is -0.123. The first-order valence-electron chi connectivity index (χ1n) is 5.82. The molecule has 1 aromatic carbocycles. The van der Waals surface area contributed by atoms with E-state index >= 15 is 0 Å². The molecule has 0 saturated carbocycles. The smallest absolute Gasteiger partial charge is 0.250 e. The molecule has 1 aromatic rings. The van der Waals surface area contributed by atoms with Crippen LogP contribution in [0.25, 0.3) is 0 Å². The molecule has 1 rings (SSSR count). The number of amides is 1. The van der Waals surface area contributed by atoms with E-state index in [2.05, 4.69) is 6.92 Å². The van der Waals surface area contributed by atoms with E-state index < -0.39 is 0 Å². The Bertz CT molecular complexity index is 311. The Morgan fingerprint density at radius 2 is 1.88 bits per heavy atom. The van der Waals surface area contributed by atoms with E-state index in [1.807, 2.05) is 6.07 Å². The molecule has 0 radical (unpaired) electrons. The van der Waals surface area contributed by atoms with Gasteiger partial charge in [-0.3, -0.25) is 10.0 Å². The average molecular weight is 221 g/mol. The molecule has 0 heterocycles. The van der Waals surface area contributed by atoms with Gasteiger partial charge >= 0.3 is 0 Å². The van der Waals surface area contributed by atoms with Crippen molar-refractivity contribution in [1.82, 2.24) is 0 Å². The van der Waals surface area contributed by atoms with Crippen molar-refractivity contribution in [2.75, 3.05) is 5.06 Å². The molecule has 0 spiro atoms. The number of unbranched alkanes of at least 4 members (excludes halogenated alkanes) is 3. The van der Waals surface area contributed by atoms with Gasteiger partial charge in [0.05, 0.1) is 5.69 Å². The number of benzene rings is 1. The van der Waals surface area contributed by atoms with Crippen LogP contribution in [0.2, 0.25) is 0 Å². The second-order valence-corrected chi connectivity index (χ2v) is 3.85. The summed E-state index contributed by atoms with van der Waals surface area (Å²) in [5.74, 6) is -0.234. The third kappa shape index (κ3) is 4.03. The SMILES string of the molecule is CCCCCCC(=O)N(O)c1ccccc1. The number of hydrogen-bond donors (Lipinski definition) is 1. The third-order valence-corrected chi connectivity index (χ3v) is 2.48. The van der Waals surface area contributed by atoms with E-state index in [1.54, 1.807) is 24.3 Å². The highest BCUT2D eigenvalue weighted by Crippen LogP contribution is 2.13. The molecule has 0 saturated heterocycles. The monoisotopic (exact) mass is 221 g/mol. The van der Waals surface area contributed by atoms with Crippen molar-refractivity contribution >= 4 is 11.6 Å². The number of carbonyl (C=O) groups is 1. The summed E-state index contributed by atoms with van der Waals surface area (Å²) in [6.07, 6.45) is 4.59. The Hall–Kier alpha value is -1.35. The van der Waals surface area contributed by atoms with Crippen molar-refractivity contribution in [3.8, 4) is 0 Å². The lowest BCUT2D eigenvalue weighted by Crippen LogP contribution is -2.26. The van der Waals surface area contributed by atoms with E-state index in [0.717, 1.165) is 30.7 Å². The standard InChI is InChI=1S/C13H19NO2/c1-2-3-4-8-11-13(15)14(16)12-9-6-5-7-10-12/h5-7,9-10,16H,2-4,8,11H2,1H3. The predicted octanol–water partition coefficient (Wildman–Crippen LogP) is 3.38. The van der Waals surface area contributed by atoms with Crippen molar-refractivity contribution in [3.05, 3.63) is 30.3 Å². The maximum absolute atomic E-state index is 11.6. The van der Waals surface area contributed by atoms with Crippen molar-refractivity contribution in [1.29, 1.82) is 0 Å². The fourth-order valence-corrected chi connectivity index (χ4v) is 1.52. The average Bonchev–Trinajstić information content (AvgIpc) is 2.34. The summed E-state index contributed by atoms with van der Waals surface area (Å²) in [4.78, 5) is 11.6. The summed E-state index contributed by atoms with van der Waals surface area (Å²) < 4.78 is 0. The van der Waals surface area contributed by atoms with Crippen LogP contribution in [0.5, 0.6) is 0 Å². The Balaban J connectivity index is 2.37. The van der Waals surface area contributed by atoms with Gasteiger partial charge in [-0.2, -0.15) is 5.06 Å². The van der Waals surface area contributed by atoms with Crippen LogP contribution in [0.4, 0.5) is 5.69 Å². The Kier molecular flexibility index (Phi) is 5.57. The summed E-state index contributed by atoms with van der Waals surface area (Å²) in [6, 6.07) is 8.86. The van der Waals surface area contributed by atoms with E-state index in [1.165, 1.54) is 0 Å². The molecule has 3 nitrogen and oxygen atoms in total. The number of anilines is 1. The van der Waals surface area contributed by atoms with Crippen LogP contribution in [0, 0.1) is 0 Å². The topological polar surface area (TPSA) is 40.5 Å². The van der Waals surface area contributed by atoms with Crippen LogP contribution in [0.1, 0.15) is 39.0 Å². The van der Waals surface area contributed by atoms with Crippen molar-refractivity contribution in [2.45, 2.75) is 39.0 Å². The predicted molar refractivity (Wildman–Crippen MR) is 64.5 cm³/mol. The van der Waals surface area contributed by atoms with E-state index in [0.29, 0.717) is 12.1 Å². The molecule has 0 aliphatic heterocycles. The second kappa shape index (κ2) is 7.01. The lowest BCUT2D eigenvalue weighted by atomic mass is 10.1. The van der Waals surface area contributed by atoms with Gasteiger partial charge in [-0.05, 0) is 18.6 Å². The largest absolute Gasteiger partial charge is 0.281 e. The molecular weight excluding hydrogens is 202 g/mol. The third-order valence-electron chi connectivity index (χ3n) is 2.48. The number of para-hydroxylation sites is 1. The van der Waals surface area contributed by atoms with Gasteiger partial charge in [-0.25, -0.2) is 0 Å². The van der Waals surface area contributed by atoms with E-state index in [-0.39, 0.29) is 5.91 Å². The molecule has 88 valence electrons. The molecule has 0 atom stereocenters. The van der Waals surface area contributed by atoms with Crippen molar-refractivity contribution < 1.29 is 10.0 Å². The molecule has 1 N–H and O–H groups in total. The number of nitrogens with zero attached hydrogens (tertiary/aromatic N) is 1. The zero-order valence-corrected chi connectivity index (χ0v) is 9.72. The van der Waals surface area contributed by atoms with Gasteiger partial charge in [-0.15, -0.1) is 0 Å². The quantitative estimate of drug-likeness (QED) is 0.454. The Morgan fingerprint density at radius 3 is 2.50 bits per heavy atom. The Labute approximate surface area is 96.7 Å². The van der Waals surface area contributed by atoms with Gasteiger partial charge in [0.2, 0.25) is 0 Å². The molecule has 0 aliphatic rings. The number of hydrogen-bond acceptors (Lipinski definition) is 2. The maximum atomic E-state index is 11.6. The molecule has 0 bridgehead atoms. The molecule has 1 amide bonds. The van der Waals surface area contributed by atoms with Crippen LogP contribution in [0.3, 0.4) is 0 Å². The van der Waals surface area contributed by atoms with Gasteiger partial charge in [0.15, 0.2) is 0 Å². The molecule has 3 heteroatoms. The Morgan fingerprint density at radius 1 is 1.19 bits per heavy atom. The summed E-state index contributed by atoms with van der Waals surface area (Å²) >= 11 is 0. The second-order valence-electron chi connectivity index (χ2n) is 3.85.